The third-order valence-corrected chi connectivity index (χ3v) is 28.6. The van der Waals surface area contributed by atoms with Crippen molar-refractivity contribution >= 4 is 0 Å². The molecular weight excluding hydrogens is 1200 g/mol. The monoisotopic (exact) mass is 1380 g/mol. The lowest BCUT2D eigenvalue weighted by atomic mass is 9.65. The second kappa shape index (κ2) is 60.7. The Hall–Kier alpha value is -1.30. The van der Waals surface area contributed by atoms with Crippen molar-refractivity contribution in [2.45, 2.75) is 501 Å². The van der Waals surface area contributed by atoms with Crippen LogP contribution >= 0.6 is 0 Å². The zero-order valence-corrected chi connectivity index (χ0v) is 67.9. The van der Waals surface area contributed by atoms with Crippen molar-refractivity contribution < 1.29 is 0 Å². The van der Waals surface area contributed by atoms with Gasteiger partial charge >= 0.3 is 0 Å². The molecule has 0 spiro atoms. The maximum Gasteiger partial charge on any atom is -0.0169 e. The molecule has 2 unspecified atom stereocenters. The van der Waals surface area contributed by atoms with Gasteiger partial charge in [0, 0.05) is 0 Å². The Bertz CT molecular complexity index is 1710. The fourth-order valence-electron chi connectivity index (χ4n) is 21.2. The van der Waals surface area contributed by atoms with Gasteiger partial charge < -0.3 is 0 Å². The Balaban J connectivity index is 0.000000151. The molecule has 0 nitrogen and oxygen atoms in total. The highest BCUT2D eigenvalue weighted by Gasteiger charge is 2.34. The fraction of sp³-hybridized carbons (Fsp3) is 0.900. The summed E-state index contributed by atoms with van der Waals surface area (Å²) in [6, 6.07) is 0. The zero-order valence-electron chi connectivity index (χ0n) is 67.9. The SMILES string of the molecule is C1=CCC=CC1.C1=CCCC=C1.C1=CCCCC1.C1CC1.C1CC2CC(C1)C2.C1CC2CCC1C2.C1CC2CCC1CC2.C1CC2CCCC2C1.C1CCC1.C1CCC2CCCC2C1.C1CCC2CCCCC2C1.C1CCCC1.C1CCCCC1.C1CCCCCC1.C1CCCCCCC1. The van der Waals surface area contributed by atoms with Gasteiger partial charge in [0.25, 0.3) is 0 Å². The summed E-state index contributed by atoms with van der Waals surface area (Å²) in [5.74, 6) is 14.0. The van der Waals surface area contributed by atoms with E-state index in [2.05, 4.69) is 60.8 Å². The first-order valence-corrected chi connectivity index (χ1v) is 48.0. The summed E-state index contributed by atoms with van der Waals surface area (Å²) in [6.07, 6.45) is 139. The first kappa shape index (κ1) is 85.9. The minimum absolute atomic E-state index is 1.14. The lowest BCUT2D eigenvalue weighted by Crippen LogP contribution is -2.28. The summed E-state index contributed by atoms with van der Waals surface area (Å²) in [5, 5.41) is 0. The van der Waals surface area contributed by atoms with E-state index in [1.54, 1.807) is 173 Å². The van der Waals surface area contributed by atoms with Crippen molar-refractivity contribution in [1.82, 2.24) is 0 Å². The number of fused-ring (bicyclic) bond motifs is 10. The topological polar surface area (TPSA) is 0 Å². The number of hydrogen-bond donors (Lipinski definition) is 0. The van der Waals surface area contributed by atoms with Crippen LogP contribution in [0, 0.1) is 71.0 Å². The first-order valence-electron chi connectivity index (χ1n) is 48.0. The van der Waals surface area contributed by atoms with Crippen LogP contribution in [0.4, 0.5) is 0 Å². The predicted molar refractivity (Wildman–Crippen MR) is 448 cm³/mol. The van der Waals surface area contributed by atoms with E-state index in [4.69, 9.17) is 0 Å². The minimum atomic E-state index is 1.14. The number of hydrogen-bond acceptors (Lipinski definition) is 0. The Morgan fingerprint density at radius 1 is 0.120 bits per heavy atom. The van der Waals surface area contributed by atoms with Gasteiger partial charge in [-0.2, -0.15) is 0 Å². The van der Waals surface area contributed by atoms with Crippen LogP contribution in [-0.4, -0.2) is 0 Å². The van der Waals surface area contributed by atoms with E-state index in [0.29, 0.717) is 0 Å². The van der Waals surface area contributed by atoms with E-state index >= 15 is 0 Å². The lowest BCUT2D eigenvalue weighted by Gasteiger charge is -2.40. The van der Waals surface area contributed by atoms with Crippen LogP contribution in [-0.2, 0) is 0 Å². The highest BCUT2D eigenvalue weighted by atomic mass is 14.4. The van der Waals surface area contributed by atoms with Crippen LogP contribution in [0.5, 0.6) is 0 Å². The Labute approximate surface area is 628 Å². The Kier molecular flexibility index (Phi) is 52.2. The van der Waals surface area contributed by atoms with E-state index in [-0.39, 0.29) is 0 Å². The second-order valence-corrected chi connectivity index (χ2v) is 37.2. The summed E-state index contributed by atoms with van der Waals surface area (Å²) in [4.78, 5) is 0. The van der Waals surface area contributed by atoms with Gasteiger partial charge in [-0.3, -0.25) is 0 Å². The van der Waals surface area contributed by atoms with Gasteiger partial charge in [-0.25, -0.2) is 0 Å². The molecule has 0 heterocycles. The molecule has 0 amide bonds. The van der Waals surface area contributed by atoms with Gasteiger partial charge in [0.1, 0.15) is 0 Å². The van der Waals surface area contributed by atoms with Crippen LogP contribution < -0.4 is 0 Å². The first-order chi connectivity index (χ1) is 49.7. The fourth-order valence-corrected chi connectivity index (χ4v) is 21.2. The smallest absolute Gasteiger partial charge is 0.0169 e. The predicted octanol–water partition coefficient (Wildman–Crippen LogP) is 34.7. The number of rotatable bonds is 0. The van der Waals surface area contributed by atoms with Gasteiger partial charge in [0.2, 0.25) is 0 Å². The van der Waals surface area contributed by atoms with Gasteiger partial charge in [0.05, 0.1) is 0 Å². The summed E-state index contributed by atoms with van der Waals surface area (Å²) in [7, 11) is 0. The van der Waals surface area contributed by atoms with Crippen molar-refractivity contribution in [2.75, 3.05) is 0 Å². The molecule has 2 atom stereocenters. The van der Waals surface area contributed by atoms with Crippen molar-refractivity contribution in [2.24, 2.45) is 71.0 Å². The molecule has 0 N–H and O–H groups in total. The molecule has 0 aromatic heterocycles. The van der Waals surface area contributed by atoms with Gasteiger partial charge in [0.15, 0.2) is 0 Å². The highest BCUT2D eigenvalue weighted by molar-refractivity contribution is 5.07. The molecule has 578 valence electrons. The molecule has 0 aromatic rings. The van der Waals surface area contributed by atoms with E-state index in [1.165, 1.54) is 362 Å². The molecule has 23 rings (SSSR count). The van der Waals surface area contributed by atoms with Crippen molar-refractivity contribution in [3.05, 3.63) is 60.8 Å². The molecule has 0 radical (unpaired) electrons. The highest BCUT2D eigenvalue weighted by Crippen LogP contribution is 2.47. The molecule has 100 heavy (non-hydrogen) atoms. The van der Waals surface area contributed by atoms with Gasteiger partial charge in [-0.15, -0.1) is 0 Å². The van der Waals surface area contributed by atoms with E-state index < -0.39 is 0 Å². The molecule has 0 saturated heterocycles. The molecule has 20 saturated carbocycles. The largest absolute Gasteiger partial charge is 0.0885 e. The van der Waals surface area contributed by atoms with Crippen molar-refractivity contribution in [1.29, 1.82) is 0 Å². The van der Waals surface area contributed by atoms with Gasteiger partial charge in [-0.05, 0) is 142 Å². The zero-order chi connectivity index (χ0) is 69.2. The molecule has 23 aliphatic rings. The van der Waals surface area contributed by atoms with Crippen LogP contribution in [0.2, 0.25) is 0 Å². The molecule has 23 aliphatic carbocycles. The Morgan fingerprint density at radius 2 is 0.310 bits per heavy atom. The third-order valence-electron chi connectivity index (χ3n) is 28.6. The molecule has 0 aromatic carbocycles. The quantitative estimate of drug-likeness (QED) is 0.168. The third kappa shape index (κ3) is 44.1. The standard InChI is InChI=1S/C10H18.C9H16.2C8H14.C8H16.2C7H12.C7H14.C6H12.C6H10.2C6H8.C5H10.C4H8.C3H6/c1-2-6-10-8-4-3-7-9(10)5-1;1-2-5-9-7-3-6-8(9)4-1;1-3-7-5-2-6-8(7)4-1;1-2-8-5-3-7(1)4-6-8;1-2-4-6-8-7-5-3-1;1-2-7-4-3-6(1)5-7;1-2-6-4-7(3-1)5-6;1-2-4-6-7-5-3-1;4*1-2-4-6-5-3-1;1-2-4-5-3-1;1-2-4-3-1;1-2-3-1/h9-10H,1-8H2;8-9H,1-7H2;2*7-8H,1-6H2;1-8H2;2*6-7H,1-5H2;1-7H2;1-6H2;1-2H,3-6H2;1-2,5-6H,3-4H2;1-4H,5-6H2;1-5H2;1-4H2;1-3H2. The maximum absolute atomic E-state index is 2.27. The van der Waals surface area contributed by atoms with Crippen molar-refractivity contribution in [3.63, 3.8) is 0 Å². The number of allylic oxidation sites excluding steroid dienone is 10. The summed E-state index contributed by atoms with van der Waals surface area (Å²) in [5.41, 5.74) is 0. The van der Waals surface area contributed by atoms with Crippen LogP contribution in [0.25, 0.3) is 0 Å². The summed E-state index contributed by atoms with van der Waals surface area (Å²) < 4.78 is 0. The molecule has 20 fully saturated rings. The molecule has 6 bridgehead atoms. The Morgan fingerprint density at radius 3 is 0.430 bits per heavy atom. The maximum atomic E-state index is 2.27. The second-order valence-electron chi connectivity index (χ2n) is 37.2. The average molecular weight is 1380 g/mol. The van der Waals surface area contributed by atoms with Crippen LogP contribution in [0.3, 0.4) is 0 Å². The van der Waals surface area contributed by atoms with E-state index in [9.17, 15) is 0 Å². The lowest BCUT2D eigenvalue weighted by molar-refractivity contribution is 0.116. The molecule has 0 heteroatoms. The van der Waals surface area contributed by atoms with Crippen LogP contribution in [0.15, 0.2) is 60.8 Å². The van der Waals surface area contributed by atoms with Crippen molar-refractivity contribution in [3.8, 4) is 0 Å². The molecular formula is C100H178. The summed E-state index contributed by atoms with van der Waals surface area (Å²) >= 11 is 0. The molecule has 0 aliphatic heterocycles. The summed E-state index contributed by atoms with van der Waals surface area (Å²) in [6.45, 7) is 0. The minimum Gasteiger partial charge on any atom is -0.0885 e. The average Bonchev–Trinajstić information content (AvgIpc) is 2.06. The van der Waals surface area contributed by atoms with Gasteiger partial charge in [-0.1, -0.05) is 491 Å². The van der Waals surface area contributed by atoms with E-state index in [1.807, 2.05) is 0 Å². The van der Waals surface area contributed by atoms with E-state index in [0.717, 1.165) is 36.5 Å². The van der Waals surface area contributed by atoms with Crippen LogP contribution in [0.1, 0.15) is 501 Å². The normalized spacial score (nSPS) is 33.3.